The Hall–Kier alpha value is -4.19. The Balaban J connectivity index is 1.41. The van der Waals surface area contributed by atoms with Crippen molar-refractivity contribution in [3.63, 3.8) is 0 Å². The third kappa shape index (κ3) is 6.33. The van der Waals surface area contributed by atoms with Gasteiger partial charge in [0.25, 0.3) is 5.91 Å². The Morgan fingerprint density at radius 3 is 2.55 bits per heavy atom. The number of amides is 1. The van der Waals surface area contributed by atoms with Gasteiger partial charge in [-0.15, -0.1) is 0 Å². The van der Waals surface area contributed by atoms with Crippen molar-refractivity contribution in [2.24, 2.45) is 4.99 Å². The second-order valence-electron chi connectivity index (χ2n) is 9.37. The molecular formula is C33H27Cl2N3O2. The van der Waals surface area contributed by atoms with Crippen LogP contribution in [0.4, 0.5) is 0 Å². The number of imidazole rings is 1. The van der Waals surface area contributed by atoms with Crippen LogP contribution in [0.25, 0.3) is 34.2 Å². The van der Waals surface area contributed by atoms with Gasteiger partial charge < -0.3 is 9.30 Å². The summed E-state index contributed by atoms with van der Waals surface area (Å²) >= 11 is 12.6. The van der Waals surface area contributed by atoms with Gasteiger partial charge in [-0.3, -0.25) is 4.79 Å². The van der Waals surface area contributed by atoms with E-state index in [9.17, 15) is 4.79 Å². The van der Waals surface area contributed by atoms with Gasteiger partial charge in [-0.05, 0) is 58.3 Å². The number of benzene rings is 4. The van der Waals surface area contributed by atoms with Gasteiger partial charge in [0.1, 0.15) is 18.1 Å². The molecule has 1 unspecified atom stereocenters. The Kier molecular flexibility index (Phi) is 8.44. The summed E-state index contributed by atoms with van der Waals surface area (Å²) in [6.45, 7) is 2.07. The molecule has 5 nitrogen and oxygen atoms in total. The van der Waals surface area contributed by atoms with Crippen LogP contribution in [-0.4, -0.2) is 28.8 Å². The molecule has 0 spiro atoms. The van der Waals surface area contributed by atoms with Gasteiger partial charge in [-0.25, -0.2) is 9.98 Å². The minimum absolute atomic E-state index is 0.0270. The average molecular weight is 569 g/mol. The summed E-state index contributed by atoms with van der Waals surface area (Å²) in [5.41, 5.74) is 3.45. The molecule has 1 amide bonds. The fraction of sp³-hybridized carbons (Fsp3) is 0.121. The molecule has 0 aliphatic carbocycles. The summed E-state index contributed by atoms with van der Waals surface area (Å²) in [6, 6.07) is 27.3. The first-order chi connectivity index (χ1) is 19.4. The molecule has 1 atom stereocenters. The monoisotopic (exact) mass is 567 g/mol. The third-order valence-electron chi connectivity index (χ3n) is 6.62. The minimum atomic E-state index is -0.280. The number of hydrogen-bond donors (Lipinski definition) is 0. The van der Waals surface area contributed by atoms with E-state index in [4.69, 9.17) is 32.9 Å². The lowest BCUT2D eigenvalue weighted by atomic mass is 9.96. The van der Waals surface area contributed by atoms with Crippen molar-refractivity contribution in [1.82, 2.24) is 9.55 Å². The van der Waals surface area contributed by atoms with Crippen LogP contribution < -0.4 is 4.74 Å². The van der Waals surface area contributed by atoms with Crippen LogP contribution >= 0.6 is 23.2 Å². The molecule has 4 aromatic carbocycles. The number of aliphatic imine (C=N–C) groups is 1. The molecule has 7 heteroatoms. The first kappa shape index (κ1) is 27.4. The highest BCUT2D eigenvalue weighted by Gasteiger charge is 2.14. The van der Waals surface area contributed by atoms with Crippen LogP contribution in [-0.2, 0) is 11.3 Å². The molecule has 0 saturated carbocycles. The number of fused-ring (bicyclic) bond motifs is 1. The highest BCUT2D eigenvalue weighted by Crippen LogP contribution is 2.30. The number of rotatable bonds is 8. The van der Waals surface area contributed by atoms with Gasteiger partial charge >= 0.3 is 0 Å². The van der Waals surface area contributed by atoms with Crippen molar-refractivity contribution in [3.05, 3.63) is 118 Å². The summed E-state index contributed by atoms with van der Waals surface area (Å²) < 4.78 is 7.02. The standard InChI is InChI=1S/C33H27Cl2N3O2/c1-22(27-9-5-7-24-6-3-4-8-28(24)27)19-36-33(39)21-38-20-31(29-16-13-25(34)18-30(29)35)37-32(38)17-12-23-10-14-26(40-2)15-11-23/h3-20,22H,21H2,1-2H3/b17-12+,36-19?. The Morgan fingerprint density at radius 2 is 1.77 bits per heavy atom. The van der Waals surface area contributed by atoms with E-state index in [2.05, 4.69) is 29.3 Å². The van der Waals surface area contributed by atoms with E-state index < -0.39 is 0 Å². The van der Waals surface area contributed by atoms with E-state index in [0.29, 0.717) is 21.6 Å². The molecule has 0 bridgehead atoms. The van der Waals surface area contributed by atoms with Gasteiger partial charge in [-0.2, -0.15) is 0 Å². The highest BCUT2D eigenvalue weighted by atomic mass is 35.5. The fourth-order valence-corrected chi connectivity index (χ4v) is 5.02. The van der Waals surface area contributed by atoms with E-state index in [1.807, 2.05) is 73.8 Å². The molecule has 0 fully saturated rings. The molecular weight excluding hydrogens is 541 g/mol. The topological polar surface area (TPSA) is 56.5 Å². The van der Waals surface area contributed by atoms with Crippen LogP contribution in [0, 0.1) is 0 Å². The van der Waals surface area contributed by atoms with Gasteiger partial charge in [0, 0.05) is 28.9 Å². The van der Waals surface area contributed by atoms with Crippen molar-refractivity contribution in [2.45, 2.75) is 19.4 Å². The van der Waals surface area contributed by atoms with Crippen LogP contribution in [0.1, 0.15) is 29.8 Å². The van der Waals surface area contributed by atoms with Crippen LogP contribution in [0.2, 0.25) is 10.0 Å². The molecule has 0 saturated heterocycles. The van der Waals surface area contributed by atoms with E-state index in [1.54, 1.807) is 30.0 Å². The normalized spacial score (nSPS) is 12.4. The van der Waals surface area contributed by atoms with Gasteiger partial charge in [0.2, 0.25) is 0 Å². The SMILES string of the molecule is COc1ccc(/C=C/c2nc(-c3ccc(Cl)cc3Cl)cn2CC(=O)N=CC(C)c2cccc3ccccc23)cc1. The van der Waals surface area contributed by atoms with E-state index in [0.717, 1.165) is 33.2 Å². The maximum atomic E-state index is 13.0. The number of aromatic nitrogens is 2. The molecule has 5 rings (SSSR count). The third-order valence-corrected chi connectivity index (χ3v) is 7.16. The Bertz CT molecular complexity index is 1720. The maximum Gasteiger partial charge on any atom is 0.265 e. The van der Waals surface area contributed by atoms with Crippen LogP contribution in [0.15, 0.2) is 96.1 Å². The van der Waals surface area contributed by atoms with Crippen molar-refractivity contribution in [2.75, 3.05) is 7.11 Å². The smallest absolute Gasteiger partial charge is 0.265 e. The number of ether oxygens (including phenoxy) is 1. The minimum Gasteiger partial charge on any atom is -0.497 e. The largest absolute Gasteiger partial charge is 0.497 e. The maximum absolute atomic E-state index is 13.0. The van der Waals surface area contributed by atoms with Gasteiger partial charge in [0.15, 0.2) is 0 Å². The molecule has 0 aliphatic heterocycles. The van der Waals surface area contributed by atoms with Crippen molar-refractivity contribution >= 4 is 58.2 Å². The van der Waals surface area contributed by atoms with Gasteiger partial charge in [-0.1, -0.05) is 90.8 Å². The average Bonchev–Trinajstić information content (AvgIpc) is 3.36. The van der Waals surface area contributed by atoms with Crippen LogP contribution in [0.5, 0.6) is 5.75 Å². The summed E-state index contributed by atoms with van der Waals surface area (Å²) in [5.74, 6) is 1.06. The highest BCUT2D eigenvalue weighted by molar-refractivity contribution is 6.36. The number of carbonyl (C=O) groups is 1. The number of halogens is 2. The molecule has 0 N–H and O–H groups in total. The number of hydrogen-bond acceptors (Lipinski definition) is 3. The zero-order valence-electron chi connectivity index (χ0n) is 22.1. The van der Waals surface area contributed by atoms with Crippen molar-refractivity contribution in [1.29, 1.82) is 0 Å². The summed E-state index contributed by atoms with van der Waals surface area (Å²) in [4.78, 5) is 22.1. The fourth-order valence-electron chi connectivity index (χ4n) is 4.51. The predicted octanol–water partition coefficient (Wildman–Crippen LogP) is 8.59. The summed E-state index contributed by atoms with van der Waals surface area (Å²) in [5, 5.41) is 3.34. The molecule has 0 aliphatic rings. The van der Waals surface area contributed by atoms with E-state index in [1.165, 1.54) is 0 Å². The van der Waals surface area contributed by atoms with Gasteiger partial charge in [0.05, 0.1) is 17.8 Å². The molecule has 40 heavy (non-hydrogen) atoms. The second-order valence-corrected chi connectivity index (χ2v) is 10.2. The predicted molar refractivity (Wildman–Crippen MR) is 165 cm³/mol. The zero-order valence-corrected chi connectivity index (χ0v) is 23.6. The molecule has 5 aromatic rings. The summed E-state index contributed by atoms with van der Waals surface area (Å²) in [7, 11) is 1.63. The molecule has 200 valence electrons. The lowest BCUT2D eigenvalue weighted by molar-refractivity contribution is -0.118. The van der Waals surface area contributed by atoms with E-state index >= 15 is 0 Å². The first-order valence-corrected chi connectivity index (χ1v) is 13.6. The number of nitrogens with zero attached hydrogens (tertiary/aromatic N) is 3. The quantitative estimate of drug-likeness (QED) is 0.176. The summed E-state index contributed by atoms with van der Waals surface area (Å²) in [6.07, 6.45) is 7.32. The lowest BCUT2D eigenvalue weighted by Crippen LogP contribution is -2.09. The number of carbonyl (C=O) groups excluding carboxylic acids is 1. The second kappa shape index (κ2) is 12.3. The molecule has 1 heterocycles. The molecule has 1 aromatic heterocycles. The zero-order chi connectivity index (χ0) is 28.1. The first-order valence-electron chi connectivity index (χ1n) is 12.8. The van der Waals surface area contributed by atoms with Crippen molar-refractivity contribution < 1.29 is 9.53 Å². The number of methoxy groups -OCH3 is 1. The van der Waals surface area contributed by atoms with Crippen molar-refractivity contribution in [3.8, 4) is 17.0 Å². The molecule has 0 radical (unpaired) electrons. The Labute approximate surface area is 243 Å². The lowest BCUT2D eigenvalue weighted by Gasteiger charge is -2.10. The van der Waals surface area contributed by atoms with E-state index in [-0.39, 0.29) is 18.4 Å². The Morgan fingerprint density at radius 1 is 1.00 bits per heavy atom. The van der Waals surface area contributed by atoms with Crippen LogP contribution in [0.3, 0.4) is 0 Å².